The second-order valence-corrected chi connectivity index (χ2v) is 6.25. The molecule has 0 atom stereocenters. The van der Waals surface area contributed by atoms with E-state index in [9.17, 15) is 0 Å². The molecule has 0 bridgehead atoms. The first kappa shape index (κ1) is 13.4. The van der Waals surface area contributed by atoms with E-state index in [1.165, 1.54) is 11.3 Å². The average Bonchev–Trinajstić information content (AvgIpc) is 3.17. The maximum atomic E-state index is 6.19. The summed E-state index contributed by atoms with van der Waals surface area (Å²) in [5.74, 6) is 0.573. The van der Waals surface area contributed by atoms with Crippen molar-refractivity contribution >= 4 is 27.9 Å². The predicted molar refractivity (Wildman–Crippen MR) is 82.8 cm³/mol. The van der Waals surface area contributed by atoms with Gasteiger partial charge in [-0.15, -0.1) is 10.2 Å². The Hall–Kier alpha value is -2.26. The number of fused-ring (bicyclic) bond motifs is 1. The van der Waals surface area contributed by atoms with Crippen molar-refractivity contribution in [2.24, 2.45) is 14.1 Å². The Kier molecular flexibility index (Phi) is 2.81. The molecule has 0 saturated carbocycles. The molecule has 0 saturated heterocycles. The van der Waals surface area contributed by atoms with E-state index in [1.807, 2.05) is 20.2 Å². The number of nitrogens with zero attached hydrogens (tertiary/aromatic N) is 8. The number of halogens is 1. The van der Waals surface area contributed by atoms with Gasteiger partial charge in [0.2, 0.25) is 10.8 Å². The van der Waals surface area contributed by atoms with Gasteiger partial charge in [0.15, 0.2) is 5.01 Å². The Labute approximate surface area is 134 Å². The van der Waals surface area contributed by atoms with Crippen LogP contribution in [0.4, 0.5) is 0 Å². The third-order valence-corrected chi connectivity index (χ3v) is 4.55. The molecule has 0 aliphatic heterocycles. The molecule has 0 aliphatic rings. The summed E-state index contributed by atoms with van der Waals surface area (Å²) in [6, 6.07) is 0. The van der Waals surface area contributed by atoms with Gasteiger partial charge in [-0.05, 0) is 6.92 Å². The van der Waals surface area contributed by atoms with Gasteiger partial charge in [-0.2, -0.15) is 19.8 Å². The number of aromatic nitrogens is 8. The Morgan fingerprint density at radius 2 is 2.00 bits per heavy atom. The first-order chi connectivity index (χ1) is 10.5. The maximum absolute atomic E-state index is 6.19. The lowest BCUT2D eigenvalue weighted by Gasteiger charge is -1.98. The first-order valence-corrected chi connectivity index (χ1v) is 7.65. The van der Waals surface area contributed by atoms with E-state index in [0.717, 1.165) is 16.3 Å². The van der Waals surface area contributed by atoms with Crippen molar-refractivity contribution in [3.8, 4) is 22.1 Å². The zero-order chi connectivity index (χ0) is 15.4. The van der Waals surface area contributed by atoms with Gasteiger partial charge in [0, 0.05) is 20.3 Å². The van der Waals surface area contributed by atoms with E-state index in [4.69, 9.17) is 11.6 Å². The van der Waals surface area contributed by atoms with Gasteiger partial charge in [0.25, 0.3) is 0 Å². The van der Waals surface area contributed by atoms with Crippen molar-refractivity contribution in [3.63, 3.8) is 0 Å². The van der Waals surface area contributed by atoms with Crippen LogP contribution in [0.5, 0.6) is 0 Å². The van der Waals surface area contributed by atoms with Gasteiger partial charge in [0.1, 0.15) is 5.69 Å². The van der Waals surface area contributed by atoms with Crippen LogP contribution in [0.1, 0.15) is 5.69 Å². The molecule has 10 heteroatoms. The van der Waals surface area contributed by atoms with Crippen molar-refractivity contribution in [3.05, 3.63) is 23.1 Å². The van der Waals surface area contributed by atoms with Crippen molar-refractivity contribution in [1.29, 1.82) is 0 Å². The molecule has 0 aliphatic carbocycles. The van der Waals surface area contributed by atoms with E-state index >= 15 is 0 Å². The maximum Gasteiger partial charge on any atom is 0.235 e. The molecule has 4 heterocycles. The molecule has 22 heavy (non-hydrogen) atoms. The van der Waals surface area contributed by atoms with Crippen LogP contribution in [0, 0.1) is 6.92 Å². The van der Waals surface area contributed by atoms with E-state index in [1.54, 1.807) is 27.1 Å². The Bertz CT molecular complexity index is 971. The molecular weight excluding hydrogens is 324 g/mol. The third-order valence-electron chi connectivity index (χ3n) is 3.34. The quantitative estimate of drug-likeness (QED) is 0.560. The summed E-state index contributed by atoms with van der Waals surface area (Å²) in [5, 5.41) is 22.8. The molecule has 8 nitrogen and oxygen atoms in total. The SMILES string of the molecule is Cc1nn(C)cc1-c1nn2c(-c3c(Cl)cnn3C)nnc2s1. The fourth-order valence-corrected chi connectivity index (χ4v) is 3.50. The summed E-state index contributed by atoms with van der Waals surface area (Å²) in [7, 11) is 3.69. The molecule has 112 valence electrons. The molecule has 4 rings (SSSR count). The van der Waals surface area contributed by atoms with E-state index in [0.29, 0.717) is 21.5 Å². The molecule has 0 aromatic carbocycles. The van der Waals surface area contributed by atoms with Crippen LogP contribution in [-0.4, -0.2) is 39.4 Å². The lowest BCUT2D eigenvalue weighted by Crippen LogP contribution is -1.99. The van der Waals surface area contributed by atoms with Crippen LogP contribution in [0.2, 0.25) is 5.02 Å². The zero-order valence-electron chi connectivity index (χ0n) is 12.0. The second-order valence-electron chi connectivity index (χ2n) is 4.89. The van der Waals surface area contributed by atoms with Crippen molar-refractivity contribution in [2.75, 3.05) is 0 Å². The minimum Gasteiger partial charge on any atom is -0.275 e. The molecule has 4 aromatic rings. The standard InChI is InChI=1S/C12H11ClN8S/c1-6-7(5-19(2)17-6)11-18-21-10(15-16-12(21)22-11)9-8(13)4-14-20(9)3/h4-5H,1-3H3. The van der Waals surface area contributed by atoms with E-state index in [-0.39, 0.29) is 0 Å². The topological polar surface area (TPSA) is 78.7 Å². The van der Waals surface area contributed by atoms with Crippen LogP contribution in [0.15, 0.2) is 12.4 Å². The molecular formula is C12H11ClN8S. The highest BCUT2D eigenvalue weighted by Gasteiger charge is 2.20. The fraction of sp³-hybridized carbons (Fsp3) is 0.250. The molecule has 0 fully saturated rings. The van der Waals surface area contributed by atoms with Crippen LogP contribution in [0.3, 0.4) is 0 Å². The van der Waals surface area contributed by atoms with Gasteiger partial charge >= 0.3 is 0 Å². The smallest absolute Gasteiger partial charge is 0.235 e. The van der Waals surface area contributed by atoms with E-state index in [2.05, 4.69) is 25.5 Å². The van der Waals surface area contributed by atoms with Crippen LogP contribution < -0.4 is 0 Å². The number of hydrogen-bond acceptors (Lipinski definition) is 6. The molecule has 0 spiro atoms. The summed E-state index contributed by atoms with van der Waals surface area (Å²) in [5.41, 5.74) is 2.60. The van der Waals surface area contributed by atoms with Crippen LogP contribution in [-0.2, 0) is 14.1 Å². The van der Waals surface area contributed by atoms with Crippen LogP contribution in [0.25, 0.3) is 27.1 Å². The van der Waals surface area contributed by atoms with Gasteiger partial charge in [-0.1, -0.05) is 22.9 Å². The Morgan fingerprint density at radius 3 is 2.64 bits per heavy atom. The molecule has 0 radical (unpaired) electrons. The summed E-state index contributed by atoms with van der Waals surface area (Å²) in [6.45, 7) is 1.96. The number of aryl methyl sites for hydroxylation is 3. The Morgan fingerprint density at radius 1 is 1.18 bits per heavy atom. The largest absolute Gasteiger partial charge is 0.275 e. The number of hydrogen-bond donors (Lipinski definition) is 0. The molecule has 0 N–H and O–H groups in total. The highest BCUT2D eigenvalue weighted by atomic mass is 35.5. The fourth-order valence-electron chi connectivity index (χ4n) is 2.35. The van der Waals surface area contributed by atoms with Gasteiger partial charge in [-0.3, -0.25) is 9.36 Å². The highest BCUT2D eigenvalue weighted by molar-refractivity contribution is 7.19. The minimum atomic E-state index is 0.518. The second kappa shape index (κ2) is 4.62. The Balaban J connectivity index is 1.92. The van der Waals surface area contributed by atoms with Gasteiger partial charge in [-0.25, -0.2) is 0 Å². The number of rotatable bonds is 2. The first-order valence-electron chi connectivity index (χ1n) is 6.45. The monoisotopic (exact) mass is 334 g/mol. The van der Waals surface area contributed by atoms with E-state index < -0.39 is 0 Å². The molecule has 0 amide bonds. The van der Waals surface area contributed by atoms with Gasteiger partial charge < -0.3 is 0 Å². The predicted octanol–water partition coefficient (Wildman–Crippen LogP) is 1.95. The average molecular weight is 335 g/mol. The molecule has 0 unspecified atom stereocenters. The minimum absolute atomic E-state index is 0.518. The lowest BCUT2D eigenvalue weighted by atomic mass is 10.3. The lowest BCUT2D eigenvalue weighted by molar-refractivity contribution is 0.756. The summed E-state index contributed by atoms with van der Waals surface area (Å²) >= 11 is 7.65. The van der Waals surface area contributed by atoms with Gasteiger partial charge in [0.05, 0.1) is 22.5 Å². The van der Waals surface area contributed by atoms with Crippen LogP contribution >= 0.6 is 22.9 Å². The highest BCUT2D eigenvalue weighted by Crippen LogP contribution is 2.31. The third kappa shape index (κ3) is 1.86. The molecule has 4 aromatic heterocycles. The summed E-state index contributed by atoms with van der Waals surface area (Å²) < 4.78 is 5.12. The van der Waals surface area contributed by atoms with Crippen molar-refractivity contribution < 1.29 is 0 Å². The summed E-state index contributed by atoms with van der Waals surface area (Å²) in [6.07, 6.45) is 3.52. The normalized spacial score (nSPS) is 11.6. The summed E-state index contributed by atoms with van der Waals surface area (Å²) in [4.78, 5) is 0.700. The zero-order valence-corrected chi connectivity index (χ0v) is 13.6. The van der Waals surface area contributed by atoms with Crippen molar-refractivity contribution in [2.45, 2.75) is 6.92 Å². The van der Waals surface area contributed by atoms with Crippen molar-refractivity contribution in [1.82, 2.24) is 39.4 Å².